The minimum absolute atomic E-state index is 0.0256. The number of hydrogen-bond acceptors (Lipinski definition) is 17. The molecular weight excluding hydrogens is 1540 g/mol. The first-order chi connectivity index (χ1) is 48.7. The number of benzene rings is 6. The van der Waals surface area contributed by atoms with Crippen molar-refractivity contribution in [2.75, 3.05) is 52.4 Å². The van der Waals surface area contributed by atoms with E-state index in [9.17, 15) is 64.5 Å². The van der Waals surface area contributed by atoms with Gasteiger partial charge in [-0.05, 0) is 174 Å². The molecule has 3 N–H and O–H groups in total. The molecular formula is C67H62BBr2F8N9O14P2. The molecule has 103 heavy (non-hydrogen) atoms. The van der Waals surface area contributed by atoms with Gasteiger partial charge in [0.05, 0.1) is 68.7 Å². The molecule has 3 aromatic heterocycles. The minimum atomic E-state index is -3.05. The van der Waals surface area contributed by atoms with E-state index in [1.165, 1.54) is 103 Å². The maximum Gasteiger partial charge on any atom is 0.497 e. The molecule has 36 heteroatoms. The zero-order valence-corrected chi connectivity index (χ0v) is 59.7. The summed E-state index contributed by atoms with van der Waals surface area (Å²) < 4.78 is 167. The Hall–Kier alpha value is -8.63. The second-order valence-corrected chi connectivity index (χ2v) is 30.2. The highest BCUT2D eigenvalue weighted by atomic mass is 79.9. The summed E-state index contributed by atoms with van der Waals surface area (Å²) in [4.78, 5) is 31.8. The average molecular weight is 1600 g/mol. The zero-order valence-electron chi connectivity index (χ0n) is 54.8. The van der Waals surface area contributed by atoms with Gasteiger partial charge < -0.3 is 38.4 Å². The molecule has 0 atom stereocenters. The van der Waals surface area contributed by atoms with Crippen LogP contribution in [0.1, 0.15) is 38.8 Å². The van der Waals surface area contributed by atoms with E-state index in [0.717, 1.165) is 81.2 Å². The van der Waals surface area contributed by atoms with Crippen LogP contribution in [0.5, 0.6) is 28.7 Å². The number of nitro benzene ring substituents is 2. The fraction of sp³-hybridized carbons (Fsp3) is 0.239. The molecule has 14 rings (SSSR count). The van der Waals surface area contributed by atoms with Gasteiger partial charge in [0.1, 0.15) is 68.3 Å². The Morgan fingerprint density at radius 1 is 0.495 bits per heavy atom. The number of pyridine rings is 3. The van der Waals surface area contributed by atoms with E-state index >= 15 is 0 Å². The van der Waals surface area contributed by atoms with Crippen molar-refractivity contribution in [1.29, 1.82) is 0 Å². The topological polar surface area (TPSA) is 278 Å². The van der Waals surface area contributed by atoms with Crippen LogP contribution in [0.2, 0.25) is 0 Å². The predicted molar refractivity (Wildman–Crippen MR) is 370 cm³/mol. The standard InChI is InChI=1S/C22H19F2N4O5P.C12H16BFO3.C11H7F2NO.C11H13FN3O4P.C6H4BrFO.C5H3BrFN/c23-16-2-5-20(25-13-16)18-4-3-17(12-19(18)24)33-22-11-15(1-6-21(22)28(29)30)14-32-34(31,26-7-8-26)27-9-10-27;1-11(2)12(3,4)17-13(16-11)9-6-5-8(15)7-10(9)14;12-7-1-4-11(14-6-7)9-3-2-8(15)5-10(9)13;12-10-7-9(1-2-11(10)15(16)17)8-19-20(18,13-3-4-13)14-5-6-14;7-5-2-1-4(9)3-6(5)8;6-5-2-1-4(7)3-8-5/h1-6,11-13H,7-10,14H2;5-7,15H,1-4H3;1-6,15H;1-2,7H,3-6,8H2;1-3,9H;1-3H. The normalized spacial score (nSPS) is 15.6. The average Bonchev–Trinajstić information content (AvgIpc) is 1.64. The largest absolute Gasteiger partial charge is 0.508 e. The van der Waals surface area contributed by atoms with E-state index in [2.05, 4.69) is 46.8 Å². The smallest absolute Gasteiger partial charge is 0.497 e. The molecule has 0 aliphatic carbocycles. The molecule has 0 amide bonds. The summed E-state index contributed by atoms with van der Waals surface area (Å²) in [7, 11) is -6.73. The van der Waals surface area contributed by atoms with Crippen LogP contribution >= 0.6 is 47.2 Å². The fourth-order valence-electron chi connectivity index (χ4n) is 9.06. The molecule has 542 valence electrons. The number of nitro groups is 2. The van der Waals surface area contributed by atoms with E-state index in [-0.39, 0.29) is 70.3 Å². The van der Waals surface area contributed by atoms with Crippen LogP contribution in [-0.4, -0.2) is 129 Å². The Balaban J connectivity index is 0.000000154. The Labute approximate surface area is 601 Å². The molecule has 0 unspecified atom stereocenters. The molecule has 9 aromatic rings. The molecule has 8 heterocycles. The molecule has 0 bridgehead atoms. The van der Waals surface area contributed by atoms with Crippen LogP contribution < -0.4 is 10.2 Å². The number of rotatable bonds is 17. The molecule has 5 aliphatic heterocycles. The van der Waals surface area contributed by atoms with Gasteiger partial charge in [-0.1, -0.05) is 6.07 Å². The predicted octanol–water partition coefficient (Wildman–Crippen LogP) is 15.8. The molecule has 6 aromatic carbocycles. The van der Waals surface area contributed by atoms with Gasteiger partial charge in [0.15, 0.2) is 0 Å². The van der Waals surface area contributed by atoms with E-state index in [4.69, 9.17) is 38.4 Å². The summed E-state index contributed by atoms with van der Waals surface area (Å²) in [5.74, 6) is -4.88. The first kappa shape index (κ1) is 78.5. The number of aromatic nitrogens is 3. The maximum absolute atomic E-state index is 14.7. The SMILES string of the molecule is CC1(C)OB(c2ccc(O)cc2F)OC1(C)C.Fc1ccc(Br)nc1.O=[N+]([O-])c1ccc(COP(=O)(N2CC2)N2CC2)cc1F.O=[N+]([O-])c1ccc(COP(=O)(N2CC2)N2CC2)cc1Oc1ccc(-c2ccc(F)cn2)c(F)c1.Oc1ccc(-c2ccc(F)cn2)c(F)c1.Oc1ccc(Br)c(F)c1. The van der Waals surface area contributed by atoms with Crippen LogP contribution in [0, 0.1) is 66.8 Å². The Kier molecular flexibility index (Phi) is 25.8. The lowest BCUT2D eigenvalue weighted by atomic mass is 9.78. The second kappa shape index (κ2) is 33.9. The van der Waals surface area contributed by atoms with Gasteiger partial charge in [0.2, 0.25) is 11.6 Å². The van der Waals surface area contributed by atoms with Gasteiger partial charge in [-0.15, -0.1) is 0 Å². The lowest BCUT2D eigenvalue weighted by Crippen LogP contribution is -2.41. The van der Waals surface area contributed by atoms with E-state index in [1.54, 1.807) is 24.7 Å². The Bertz CT molecular complexity index is 4550. The van der Waals surface area contributed by atoms with Crippen molar-refractivity contribution < 1.29 is 92.5 Å². The number of phenolic OH excluding ortho intramolecular Hbond substituents is 3. The van der Waals surface area contributed by atoms with Crippen LogP contribution in [0.4, 0.5) is 46.5 Å². The number of hydrogen-bond donors (Lipinski definition) is 3. The molecule has 0 spiro atoms. The number of ether oxygens (including phenoxy) is 1. The number of nitrogens with zero attached hydrogens (tertiary/aromatic N) is 9. The third-order valence-electron chi connectivity index (χ3n) is 15.6. The van der Waals surface area contributed by atoms with Gasteiger partial charge in [0.25, 0.3) is 0 Å². The Morgan fingerprint density at radius 3 is 1.30 bits per heavy atom. The summed E-state index contributed by atoms with van der Waals surface area (Å²) >= 11 is 6.01. The van der Waals surface area contributed by atoms with Crippen molar-refractivity contribution in [2.45, 2.75) is 52.1 Å². The molecule has 0 radical (unpaired) electrons. The summed E-state index contributed by atoms with van der Waals surface area (Å²) in [6.45, 7) is 13.4. The third-order valence-corrected chi connectivity index (χ3v) is 22.1. The van der Waals surface area contributed by atoms with Gasteiger partial charge in [-0.2, -0.15) is 4.39 Å². The van der Waals surface area contributed by atoms with Gasteiger partial charge in [-0.3, -0.25) is 39.3 Å². The van der Waals surface area contributed by atoms with Crippen molar-refractivity contribution in [1.82, 2.24) is 33.6 Å². The minimum Gasteiger partial charge on any atom is -0.508 e. The molecule has 5 fully saturated rings. The second-order valence-electron chi connectivity index (χ2n) is 23.8. The van der Waals surface area contributed by atoms with E-state index < -0.39 is 89.9 Å². The first-order valence-electron chi connectivity index (χ1n) is 30.9. The van der Waals surface area contributed by atoms with Crippen LogP contribution in [-0.2, 0) is 40.7 Å². The molecule has 5 aliphatic rings. The van der Waals surface area contributed by atoms with Crippen LogP contribution in [0.3, 0.4) is 0 Å². The van der Waals surface area contributed by atoms with Gasteiger partial charge >= 0.3 is 33.8 Å². The van der Waals surface area contributed by atoms with Crippen molar-refractivity contribution >= 4 is 71.2 Å². The van der Waals surface area contributed by atoms with Crippen molar-refractivity contribution in [3.8, 4) is 51.3 Å². The van der Waals surface area contributed by atoms with E-state index in [0.29, 0.717) is 57.5 Å². The highest BCUT2D eigenvalue weighted by Crippen LogP contribution is 2.62. The zero-order chi connectivity index (χ0) is 74.7. The van der Waals surface area contributed by atoms with Crippen LogP contribution in [0.25, 0.3) is 22.5 Å². The lowest BCUT2D eigenvalue weighted by Gasteiger charge is -2.32. The lowest BCUT2D eigenvalue weighted by molar-refractivity contribution is -0.387. The highest BCUT2D eigenvalue weighted by molar-refractivity contribution is 9.10. The summed E-state index contributed by atoms with van der Waals surface area (Å²) in [6, 6.07) is 31.2. The summed E-state index contributed by atoms with van der Waals surface area (Å²) in [5, 5.41) is 48.9. The first-order valence-corrected chi connectivity index (χ1v) is 35.5. The van der Waals surface area contributed by atoms with Crippen molar-refractivity contribution in [3.63, 3.8) is 0 Å². The monoisotopic (exact) mass is 1600 g/mol. The fourth-order valence-corrected chi connectivity index (χ4v) is 13.9. The summed E-state index contributed by atoms with van der Waals surface area (Å²) in [5.41, 5.74) is 0.298. The Morgan fingerprint density at radius 2 is 0.913 bits per heavy atom. The molecule has 5 saturated heterocycles. The quantitative estimate of drug-likeness (QED) is 0.0145. The number of phenols is 3. The molecule has 0 saturated carbocycles. The highest BCUT2D eigenvalue weighted by Gasteiger charge is 2.53. The van der Waals surface area contributed by atoms with Gasteiger partial charge in [0, 0.05) is 105 Å². The van der Waals surface area contributed by atoms with Crippen LogP contribution in [0.15, 0.2) is 173 Å². The number of halogens is 10. The van der Waals surface area contributed by atoms with Gasteiger partial charge in [-0.25, -0.2) is 54.4 Å². The molecule has 23 nitrogen and oxygen atoms in total. The number of aromatic hydroxyl groups is 3. The van der Waals surface area contributed by atoms with Crippen molar-refractivity contribution in [2.24, 2.45) is 0 Å². The van der Waals surface area contributed by atoms with Crippen molar-refractivity contribution in [3.05, 3.63) is 251 Å². The van der Waals surface area contributed by atoms with E-state index in [1.807, 2.05) is 27.7 Å². The summed E-state index contributed by atoms with van der Waals surface area (Å²) in [6.07, 6.45) is 3.15. The maximum atomic E-state index is 14.7. The third kappa shape index (κ3) is 21.5.